The molecule has 4 rings (SSSR count). The first-order chi connectivity index (χ1) is 23.4. The van der Waals surface area contributed by atoms with Crippen molar-refractivity contribution in [2.45, 2.75) is 77.3 Å². The van der Waals surface area contributed by atoms with Crippen LogP contribution >= 0.6 is 0 Å². The Hall–Kier alpha value is -4.26. The van der Waals surface area contributed by atoms with E-state index in [0.717, 1.165) is 22.3 Å². The fourth-order valence-electron chi connectivity index (χ4n) is 7.56. The molecule has 260 valence electrons. The summed E-state index contributed by atoms with van der Waals surface area (Å²) in [6, 6.07) is 37.9. The molecule has 0 aliphatic rings. The van der Waals surface area contributed by atoms with Crippen LogP contribution in [0.4, 0.5) is 0 Å². The van der Waals surface area contributed by atoms with Crippen LogP contribution < -0.4 is 10.6 Å². The molecule has 0 aliphatic carbocycles. The van der Waals surface area contributed by atoms with E-state index in [1.807, 2.05) is 163 Å². The van der Waals surface area contributed by atoms with Crippen LogP contribution in [0.1, 0.15) is 76.6 Å². The maximum atomic E-state index is 15.0. The van der Waals surface area contributed by atoms with Crippen molar-refractivity contribution in [1.29, 1.82) is 0 Å². The predicted molar refractivity (Wildman–Crippen MR) is 198 cm³/mol. The summed E-state index contributed by atoms with van der Waals surface area (Å²) < 4.78 is 0. The molecule has 0 aromatic heterocycles. The van der Waals surface area contributed by atoms with Gasteiger partial charge in [-0.1, -0.05) is 149 Å². The van der Waals surface area contributed by atoms with E-state index in [-0.39, 0.29) is 25.0 Å². The normalized spacial score (nSPS) is 13.6. The molecule has 0 heterocycles. The van der Waals surface area contributed by atoms with Crippen LogP contribution in [-0.2, 0) is 20.4 Å². The van der Waals surface area contributed by atoms with E-state index < -0.39 is 40.1 Å². The van der Waals surface area contributed by atoms with Crippen LogP contribution in [0, 0.1) is 17.3 Å². The highest BCUT2D eigenvalue weighted by Gasteiger charge is 2.51. The molecule has 49 heavy (non-hydrogen) atoms. The fraction of sp³-hybridized carbons (Fsp3) is 0.395. The number of hydrogen-bond donors (Lipinski definition) is 4. The first-order valence-electron chi connectivity index (χ1n) is 17.5. The fourth-order valence-corrected chi connectivity index (χ4v) is 7.56. The van der Waals surface area contributed by atoms with Crippen molar-refractivity contribution in [3.05, 3.63) is 144 Å². The standard InChI is InChI=1S/C43H54N2O4/c1-31(2)27-43(28-32(3)4,39(48)44-37(29-46)41(5,33-19-11-7-12-20-33)34-21-13-8-14-22-34)40(49)45-38(30-47)42(6,35-23-15-9-16-24-35)36-25-17-10-18-26-36/h7-26,31-32,37-38,46-47H,27-30H2,1-6H3,(H,44,48)(H,45,49)/t37-,38-/m1/s1. The van der Waals surface area contributed by atoms with Crippen molar-refractivity contribution in [2.75, 3.05) is 13.2 Å². The summed E-state index contributed by atoms with van der Waals surface area (Å²) in [7, 11) is 0. The molecule has 0 radical (unpaired) electrons. The van der Waals surface area contributed by atoms with E-state index in [1.54, 1.807) is 0 Å². The minimum Gasteiger partial charge on any atom is -0.394 e. The summed E-state index contributed by atoms with van der Waals surface area (Å²) in [5.74, 6) is -0.857. The number of amides is 2. The van der Waals surface area contributed by atoms with E-state index in [0.29, 0.717) is 12.8 Å². The van der Waals surface area contributed by atoms with E-state index in [4.69, 9.17) is 0 Å². The lowest BCUT2D eigenvalue weighted by atomic mass is 9.68. The molecule has 0 unspecified atom stereocenters. The average molecular weight is 663 g/mol. The molecule has 2 amide bonds. The third kappa shape index (κ3) is 7.98. The van der Waals surface area contributed by atoms with Gasteiger partial charge < -0.3 is 20.8 Å². The first-order valence-corrected chi connectivity index (χ1v) is 17.5. The van der Waals surface area contributed by atoms with Crippen LogP contribution in [-0.4, -0.2) is 47.3 Å². The topological polar surface area (TPSA) is 98.7 Å². The minimum absolute atomic E-state index is 0.000311. The van der Waals surface area contributed by atoms with Gasteiger partial charge in [0.2, 0.25) is 11.8 Å². The van der Waals surface area contributed by atoms with Crippen LogP contribution in [0.15, 0.2) is 121 Å². The number of carbonyl (C=O) groups excluding carboxylic acids is 2. The summed E-state index contributed by atoms with van der Waals surface area (Å²) in [6.45, 7) is 11.4. The highest BCUT2D eigenvalue weighted by Crippen LogP contribution is 2.41. The van der Waals surface area contributed by atoms with Crippen molar-refractivity contribution >= 4 is 11.8 Å². The summed E-state index contributed by atoms with van der Waals surface area (Å²) in [4.78, 5) is 29.9. The number of rotatable bonds is 16. The maximum absolute atomic E-state index is 15.0. The second-order valence-electron chi connectivity index (χ2n) is 14.6. The van der Waals surface area contributed by atoms with Gasteiger partial charge in [-0.25, -0.2) is 0 Å². The Bertz CT molecular complexity index is 1410. The lowest BCUT2D eigenvalue weighted by molar-refractivity contribution is -0.148. The number of nitrogens with one attached hydrogen (secondary N) is 2. The molecule has 0 saturated heterocycles. The molecule has 4 N–H and O–H groups in total. The predicted octanol–water partition coefficient (Wildman–Crippen LogP) is 7.03. The molecule has 0 spiro atoms. The maximum Gasteiger partial charge on any atom is 0.236 e. The lowest BCUT2D eigenvalue weighted by Gasteiger charge is -2.43. The molecule has 0 saturated carbocycles. The van der Waals surface area contributed by atoms with Gasteiger partial charge >= 0.3 is 0 Å². The van der Waals surface area contributed by atoms with Crippen molar-refractivity contribution in [3.63, 3.8) is 0 Å². The summed E-state index contributed by atoms with van der Waals surface area (Å²) in [6.07, 6.45) is 0.583. The van der Waals surface area contributed by atoms with E-state index in [2.05, 4.69) is 10.6 Å². The van der Waals surface area contributed by atoms with Gasteiger partial charge in [0.15, 0.2) is 0 Å². The number of aliphatic hydroxyl groups excluding tert-OH is 2. The van der Waals surface area contributed by atoms with Crippen molar-refractivity contribution < 1.29 is 19.8 Å². The number of benzene rings is 4. The number of aliphatic hydroxyl groups is 2. The highest BCUT2D eigenvalue weighted by atomic mass is 16.3. The first kappa shape index (κ1) is 37.6. The van der Waals surface area contributed by atoms with Gasteiger partial charge in [-0.3, -0.25) is 9.59 Å². The van der Waals surface area contributed by atoms with Crippen LogP contribution in [0.5, 0.6) is 0 Å². The van der Waals surface area contributed by atoms with Gasteiger partial charge in [0, 0.05) is 10.8 Å². The van der Waals surface area contributed by atoms with Gasteiger partial charge in [0.25, 0.3) is 0 Å². The van der Waals surface area contributed by atoms with Crippen molar-refractivity contribution in [2.24, 2.45) is 17.3 Å². The molecule has 0 aliphatic heterocycles. The zero-order valence-corrected chi connectivity index (χ0v) is 29.9. The Kier molecular flexibility index (Phi) is 12.6. The third-order valence-corrected chi connectivity index (χ3v) is 10.2. The van der Waals surface area contributed by atoms with Gasteiger partial charge in [-0.15, -0.1) is 0 Å². The Morgan fingerprint density at radius 1 is 0.510 bits per heavy atom. The Balaban J connectivity index is 1.81. The van der Waals surface area contributed by atoms with Gasteiger partial charge in [-0.2, -0.15) is 0 Å². The van der Waals surface area contributed by atoms with E-state index in [1.165, 1.54) is 0 Å². The molecule has 0 fully saturated rings. The minimum atomic E-state index is -1.48. The molecule has 6 heteroatoms. The van der Waals surface area contributed by atoms with Crippen LogP contribution in [0.3, 0.4) is 0 Å². The highest BCUT2D eigenvalue weighted by molar-refractivity contribution is 6.05. The zero-order valence-electron chi connectivity index (χ0n) is 29.9. The van der Waals surface area contributed by atoms with Gasteiger partial charge in [0.05, 0.1) is 25.3 Å². The molecule has 4 aromatic rings. The Morgan fingerprint density at radius 2 is 0.755 bits per heavy atom. The van der Waals surface area contributed by atoms with Crippen LogP contribution in [0.2, 0.25) is 0 Å². The van der Waals surface area contributed by atoms with Crippen LogP contribution in [0.25, 0.3) is 0 Å². The second-order valence-corrected chi connectivity index (χ2v) is 14.6. The quantitative estimate of drug-likeness (QED) is 0.0969. The molecular formula is C43H54N2O4. The largest absolute Gasteiger partial charge is 0.394 e. The number of carbonyl (C=O) groups is 2. The van der Waals surface area contributed by atoms with E-state index in [9.17, 15) is 19.8 Å². The number of hydrogen-bond acceptors (Lipinski definition) is 4. The monoisotopic (exact) mass is 662 g/mol. The second kappa shape index (κ2) is 16.4. The van der Waals surface area contributed by atoms with E-state index >= 15 is 0 Å². The van der Waals surface area contributed by atoms with Gasteiger partial charge in [-0.05, 0) is 60.8 Å². The van der Waals surface area contributed by atoms with Crippen molar-refractivity contribution in [3.8, 4) is 0 Å². The Labute approximate surface area is 293 Å². The molecule has 0 bridgehead atoms. The summed E-state index contributed by atoms with van der Waals surface area (Å²) >= 11 is 0. The van der Waals surface area contributed by atoms with Crippen molar-refractivity contribution in [1.82, 2.24) is 10.6 Å². The summed E-state index contributed by atoms with van der Waals surface area (Å²) in [5, 5.41) is 28.4. The lowest BCUT2D eigenvalue weighted by Crippen LogP contribution is -2.62. The average Bonchev–Trinajstić information content (AvgIpc) is 3.12. The Morgan fingerprint density at radius 3 is 0.959 bits per heavy atom. The summed E-state index contributed by atoms with van der Waals surface area (Å²) in [5.41, 5.74) is 0.645. The zero-order chi connectivity index (χ0) is 35.7. The molecule has 4 aromatic carbocycles. The molecule has 6 nitrogen and oxygen atoms in total. The smallest absolute Gasteiger partial charge is 0.236 e. The third-order valence-electron chi connectivity index (χ3n) is 10.2. The molecule has 2 atom stereocenters. The SMILES string of the molecule is CC(C)CC(CC(C)C)(C(=O)N[C@H](CO)C(C)(c1ccccc1)c1ccccc1)C(=O)N[C@H](CO)C(C)(c1ccccc1)c1ccccc1. The van der Waals surface area contributed by atoms with Gasteiger partial charge in [0.1, 0.15) is 5.41 Å². The molecular weight excluding hydrogens is 608 g/mol.